The van der Waals surface area contributed by atoms with E-state index < -0.39 is 16.1 Å². The second-order valence-electron chi connectivity index (χ2n) is 6.91. The number of sulfonamides is 1. The largest absolute Gasteiger partial charge is 0.454 e. The van der Waals surface area contributed by atoms with Crippen molar-refractivity contribution in [2.75, 3.05) is 17.4 Å². The van der Waals surface area contributed by atoms with Gasteiger partial charge in [0.1, 0.15) is 6.04 Å². The van der Waals surface area contributed by atoms with Crippen molar-refractivity contribution in [3.8, 4) is 11.5 Å². The first-order valence-corrected chi connectivity index (χ1v) is 10.7. The molecule has 2 aromatic rings. The zero-order valence-electron chi connectivity index (χ0n) is 16.4. The Hall–Kier alpha value is -2.74. The maximum absolute atomic E-state index is 12.7. The van der Waals surface area contributed by atoms with Gasteiger partial charge in [-0.2, -0.15) is 0 Å². The highest BCUT2D eigenvalue weighted by atomic mass is 32.2. The van der Waals surface area contributed by atoms with Gasteiger partial charge < -0.3 is 14.8 Å². The van der Waals surface area contributed by atoms with Crippen LogP contribution in [-0.2, 0) is 21.4 Å². The van der Waals surface area contributed by atoms with Gasteiger partial charge in [-0.3, -0.25) is 9.10 Å². The first kappa shape index (κ1) is 20.0. The molecule has 0 fully saturated rings. The van der Waals surface area contributed by atoms with Crippen LogP contribution in [0.1, 0.15) is 23.6 Å². The van der Waals surface area contributed by atoms with Gasteiger partial charge >= 0.3 is 0 Å². The fourth-order valence-corrected chi connectivity index (χ4v) is 4.23. The molecule has 3 rings (SSSR count). The number of fused-ring (bicyclic) bond motifs is 1. The molecule has 0 saturated carbocycles. The predicted octanol–water partition coefficient (Wildman–Crippen LogP) is 2.50. The van der Waals surface area contributed by atoms with E-state index in [0.29, 0.717) is 17.2 Å². The Morgan fingerprint density at radius 2 is 1.82 bits per heavy atom. The van der Waals surface area contributed by atoms with E-state index in [4.69, 9.17) is 9.47 Å². The molecule has 1 aliphatic heterocycles. The van der Waals surface area contributed by atoms with E-state index in [1.807, 2.05) is 26.0 Å². The lowest BCUT2D eigenvalue weighted by molar-refractivity contribution is -0.122. The molecule has 150 valence electrons. The zero-order chi connectivity index (χ0) is 20.5. The molecule has 1 heterocycles. The highest BCUT2D eigenvalue weighted by Gasteiger charge is 2.29. The van der Waals surface area contributed by atoms with Gasteiger partial charge in [0.15, 0.2) is 11.5 Å². The van der Waals surface area contributed by atoms with Crippen LogP contribution >= 0.6 is 0 Å². The fourth-order valence-electron chi connectivity index (χ4n) is 3.06. The van der Waals surface area contributed by atoms with E-state index in [0.717, 1.165) is 27.3 Å². The van der Waals surface area contributed by atoms with Gasteiger partial charge in [0.05, 0.1) is 11.9 Å². The second-order valence-corrected chi connectivity index (χ2v) is 8.77. The van der Waals surface area contributed by atoms with Crippen molar-refractivity contribution < 1.29 is 22.7 Å². The molecule has 0 unspecified atom stereocenters. The third-order valence-electron chi connectivity index (χ3n) is 4.74. The van der Waals surface area contributed by atoms with Gasteiger partial charge in [-0.25, -0.2) is 8.42 Å². The number of nitrogens with zero attached hydrogens (tertiary/aromatic N) is 1. The molecule has 1 atom stereocenters. The van der Waals surface area contributed by atoms with Crippen LogP contribution in [0.2, 0.25) is 0 Å². The summed E-state index contributed by atoms with van der Waals surface area (Å²) in [6, 6.07) is 9.85. The van der Waals surface area contributed by atoms with Crippen molar-refractivity contribution in [2.24, 2.45) is 0 Å². The van der Waals surface area contributed by atoms with Crippen molar-refractivity contribution in [3.05, 3.63) is 53.1 Å². The van der Waals surface area contributed by atoms with Crippen LogP contribution < -0.4 is 19.1 Å². The Kier molecular flexibility index (Phi) is 5.51. The van der Waals surface area contributed by atoms with E-state index in [1.165, 1.54) is 0 Å². The number of carbonyl (C=O) groups excluding carboxylic acids is 1. The van der Waals surface area contributed by atoms with Gasteiger partial charge in [-0.1, -0.05) is 12.1 Å². The summed E-state index contributed by atoms with van der Waals surface area (Å²) in [4.78, 5) is 12.7. The molecule has 1 N–H and O–H groups in total. The first-order valence-electron chi connectivity index (χ1n) is 8.89. The highest BCUT2D eigenvalue weighted by Crippen LogP contribution is 2.32. The standard InChI is InChI=1S/C20H24N2O5S/c1-13-5-7-17(9-14(13)2)22(28(4,24)25)15(3)20(23)21-11-16-6-8-18-19(10-16)27-12-26-18/h5-10,15H,11-12H2,1-4H3,(H,21,23)/t15-/m0/s1. The number of anilines is 1. The van der Waals surface area contributed by atoms with Gasteiger partial charge in [0.25, 0.3) is 0 Å². The minimum absolute atomic E-state index is 0.182. The Labute approximate surface area is 165 Å². The van der Waals surface area contributed by atoms with Gasteiger partial charge in [0, 0.05) is 6.54 Å². The average Bonchev–Trinajstić information content (AvgIpc) is 3.09. The molecule has 8 heteroatoms. The van der Waals surface area contributed by atoms with Gasteiger partial charge in [-0.15, -0.1) is 0 Å². The normalized spacial score (nSPS) is 13.9. The maximum Gasteiger partial charge on any atom is 0.243 e. The van der Waals surface area contributed by atoms with Crippen LogP contribution in [0.3, 0.4) is 0 Å². The number of ether oxygens (including phenoxy) is 2. The third kappa shape index (κ3) is 4.22. The number of aryl methyl sites for hydroxylation is 2. The van der Waals surface area contributed by atoms with Crippen molar-refractivity contribution in [2.45, 2.75) is 33.4 Å². The van der Waals surface area contributed by atoms with Crippen molar-refractivity contribution in [3.63, 3.8) is 0 Å². The SMILES string of the molecule is Cc1ccc(N([C@@H](C)C(=O)NCc2ccc3c(c2)OCO3)S(C)(=O)=O)cc1C. The maximum atomic E-state index is 12.7. The van der Waals surface area contributed by atoms with Gasteiger partial charge in [0.2, 0.25) is 22.7 Å². The molecular weight excluding hydrogens is 380 g/mol. The summed E-state index contributed by atoms with van der Waals surface area (Å²) in [5.74, 6) is 0.912. The smallest absolute Gasteiger partial charge is 0.243 e. The van der Waals surface area contributed by atoms with Crippen LogP contribution in [-0.4, -0.2) is 33.4 Å². The molecule has 0 spiro atoms. The number of nitrogens with one attached hydrogen (secondary N) is 1. The molecule has 7 nitrogen and oxygen atoms in total. The molecule has 1 aliphatic rings. The minimum Gasteiger partial charge on any atom is -0.454 e. The Morgan fingerprint density at radius 3 is 2.50 bits per heavy atom. The predicted molar refractivity (Wildman–Crippen MR) is 107 cm³/mol. The minimum atomic E-state index is -3.65. The summed E-state index contributed by atoms with van der Waals surface area (Å²) in [5.41, 5.74) is 3.31. The molecule has 0 aromatic heterocycles. The van der Waals surface area contributed by atoms with Crippen LogP contribution in [0.15, 0.2) is 36.4 Å². The number of amides is 1. The van der Waals surface area contributed by atoms with Crippen molar-refractivity contribution in [1.82, 2.24) is 5.32 Å². The lowest BCUT2D eigenvalue weighted by atomic mass is 10.1. The van der Waals surface area contributed by atoms with Crippen LogP contribution in [0.5, 0.6) is 11.5 Å². The third-order valence-corrected chi connectivity index (χ3v) is 5.98. The number of benzene rings is 2. The lowest BCUT2D eigenvalue weighted by Gasteiger charge is -2.28. The molecule has 0 bridgehead atoms. The van der Waals surface area contributed by atoms with Crippen LogP contribution in [0.25, 0.3) is 0 Å². The number of hydrogen-bond donors (Lipinski definition) is 1. The summed E-state index contributed by atoms with van der Waals surface area (Å²) in [7, 11) is -3.65. The summed E-state index contributed by atoms with van der Waals surface area (Å²) in [5, 5.41) is 2.80. The summed E-state index contributed by atoms with van der Waals surface area (Å²) in [6.45, 7) is 5.87. The van der Waals surface area contributed by atoms with Crippen LogP contribution in [0, 0.1) is 13.8 Å². The quantitative estimate of drug-likeness (QED) is 0.800. The molecule has 1 amide bonds. The molecule has 0 radical (unpaired) electrons. The van der Waals surface area contributed by atoms with Crippen LogP contribution in [0.4, 0.5) is 5.69 Å². The summed E-state index contributed by atoms with van der Waals surface area (Å²) >= 11 is 0. The van der Waals surface area contributed by atoms with E-state index >= 15 is 0 Å². The molecule has 0 saturated heterocycles. The Bertz CT molecular complexity index is 1000. The van der Waals surface area contributed by atoms with E-state index in [2.05, 4.69) is 5.32 Å². The van der Waals surface area contributed by atoms with E-state index in [1.54, 1.807) is 31.2 Å². The van der Waals surface area contributed by atoms with Crippen molar-refractivity contribution >= 4 is 21.6 Å². The highest BCUT2D eigenvalue weighted by molar-refractivity contribution is 7.92. The fraction of sp³-hybridized carbons (Fsp3) is 0.350. The van der Waals surface area contributed by atoms with E-state index in [9.17, 15) is 13.2 Å². The first-order chi connectivity index (χ1) is 13.2. The summed E-state index contributed by atoms with van der Waals surface area (Å²) in [6.07, 6.45) is 1.10. The summed E-state index contributed by atoms with van der Waals surface area (Å²) < 4.78 is 36.5. The zero-order valence-corrected chi connectivity index (χ0v) is 17.2. The lowest BCUT2D eigenvalue weighted by Crippen LogP contribution is -2.47. The molecule has 28 heavy (non-hydrogen) atoms. The topological polar surface area (TPSA) is 84.9 Å². The number of hydrogen-bond acceptors (Lipinski definition) is 5. The number of carbonyl (C=O) groups is 1. The molecule has 2 aromatic carbocycles. The average molecular weight is 404 g/mol. The Morgan fingerprint density at radius 1 is 1.11 bits per heavy atom. The van der Waals surface area contributed by atoms with Crippen molar-refractivity contribution in [1.29, 1.82) is 0 Å². The second kappa shape index (κ2) is 7.71. The van der Waals surface area contributed by atoms with Gasteiger partial charge in [-0.05, 0) is 61.7 Å². The number of rotatable bonds is 6. The Balaban J connectivity index is 1.75. The molecule has 0 aliphatic carbocycles. The molecular formula is C20H24N2O5S. The monoisotopic (exact) mass is 404 g/mol. The van der Waals surface area contributed by atoms with E-state index in [-0.39, 0.29) is 19.2 Å².